The normalized spacial score (nSPS) is 13.6. The minimum Gasteiger partial charge on any atom is -0.480 e. The molecule has 0 bridgehead atoms. The van der Waals surface area contributed by atoms with Crippen molar-refractivity contribution in [3.63, 3.8) is 0 Å². The quantitative estimate of drug-likeness (QED) is 0.229. The number of carbonyl (C=O) groups is 3. The van der Waals surface area contributed by atoms with Crippen molar-refractivity contribution in [3.05, 3.63) is 76.7 Å². The molecule has 0 spiro atoms. The number of amides is 1. The van der Waals surface area contributed by atoms with Crippen LogP contribution in [0.4, 0.5) is 4.39 Å². The van der Waals surface area contributed by atoms with Crippen LogP contribution in [0.2, 0.25) is 5.02 Å². The number of carbonyl (C=O) groups excluding carboxylic acids is 2. The van der Waals surface area contributed by atoms with Crippen molar-refractivity contribution in [1.29, 1.82) is 0 Å². The third-order valence-electron chi connectivity index (χ3n) is 6.26. The lowest BCUT2D eigenvalue weighted by molar-refractivity contribution is -0.142. The van der Waals surface area contributed by atoms with Gasteiger partial charge in [-0.05, 0) is 54.0 Å². The lowest BCUT2D eigenvalue weighted by Crippen LogP contribution is -2.50. The van der Waals surface area contributed by atoms with E-state index < -0.39 is 48.1 Å². The number of halogens is 2. The maximum Gasteiger partial charge on any atom is 0.326 e. The largest absolute Gasteiger partial charge is 0.480 e. The number of benzene rings is 2. The third-order valence-corrected chi connectivity index (χ3v) is 6.50. The molecule has 0 aliphatic rings. The predicted octanol–water partition coefficient (Wildman–Crippen LogP) is 3.97. The van der Waals surface area contributed by atoms with Crippen LogP contribution in [-0.2, 0) is 16.0 Å². The minimum atomic E-state index is -1.36. The van der Waals surface area contributed by atoms with Crippen molar-refractivity contribution < 1.29 is 33.4 Å². The van der Waals surface area contributed by atoms with E-state index in [-0.39, 0.29) is 31.1 Å². The molecule has 2 aromatic carbocycles. The first-order valence-corrected chi connectivity index (χ1v) is 12.8. The molecule has 208 valence electrons. The van der Waals surface area contributed by atoms with Crippen molar-refractivity contribution in [2.75, 3.05) is 6.61 Å². The van der Waals surface area contributed by atoms with Crippen LogP contribution in [0.25, 0.3) is 11.1 Å². The van der Waals surface area contributed by atoms with E-state index in [0.717, 1.165) is 5.56 Å². The monoisotopic (exact) mass is 559 g/mol. The molecule has 1 heterocycles. The van der Waals surface area contributed by atoms with Gasteiger partial charge in [0.05, 0.1) is 12.3 Å². The van der Waals surface area contributed by atoms with Crippen LogP contribution < -0.4 is 11.1 Å². The van der Waals surface area contributed by atoms with Crippen molar-refractivity contribution >= 4 is 29.3 Å². The van der Waals surface area contributed by atoms with E-state index in [9.17, 15) is 23.9 Å². The summed E-state index contributed by atoms with van der Waals surface area (Å²) in [5.74, 6) is -3.54. The number of nitrogens with two attached hydrogens (primary N) is 1. The number of nitrogens with one attached hydrogen (secondary N) is 1. The molecule has 0 fully saturated rings. The summed E-state index contributed by atoms with van der Waals surface area (Å²) in [5.41, 5.74) is 7.83. The first kappa shape index (κ1) is 29.9. The van der Waals surface area contributed by atoms with Crippen LogP contribution >= 0.6 is 11.6 Å². The Labute approximate surface area is 230 Å². The molecule has 0 saturated carbocycles. The summed E-state index contributed by atoms with van der Waals surface area (Å²) in [7, 11) is 0. The van der Waals surface area contributed by atoms with Gasteiger partial charge in [0.1, 0.15) is 24.2 Å². The summed E-state index contributed by atoms with van der Waals surface area (Å²) in [5, 5.41) is 21.6. The lowest BCUT2D eigenvalue weighted by Gasteiger charge is -2.22. The van der Waals surface area contributed by atoms with E-state index in [1.165, 1.54) is 24.5 Å². The van der Waals surface area contributed by atoms with Gasteiger partial charge in [0.15, 0.2) is 0 Å². The summed E-state index contributed by atoms with van der Waals surface area (Å²) in [6.45, 7) is 3.16. The number of aromatic nitrogens is 1. The molecule has 0 aliphatic heterocycles. The number of rotatable bonds is 13. The number of hydrogen-bond donors (Lipinski definition) is 4. The van der Waals surface area contributed by atoms with Crippen LogP contribution in [0.5, 0.6) is 0 Å². The van der Waals surface area contributed by atoms with Crippen LogP contribution in [0.15, 0.2) is 53.1 Å². The number of carboxylic acids is 1. The highest BCUT2D eigenvalue weighted by molar-refractivity contribution is 6.30. The van der Waals surface area contributed by atoms with E-state index in [4.69, 9.17) is 26.9 Å². The molecule has 0 unspecified atom stereocenters. The number of aliphatic carboxylic acids is 1. The van der Waals surface area contributed by atoms with E-state index in [1.54, 1.807) is 24.3 Å². The number of hydrogen-bond acceptors (Lipinski definition) is 7. The van der Waals surface area contributed by atoms with Crippen molar-refractivity contribution in [3.8, 4) is 11.1 Å². The number of aliphatic hydroxyl groups is 1. The molecule has 0 radical (unpaired) electrons. The zero-order valence-corrected chi connectivity index (χ0v) is 22.3. The second-order valence-electron chi connectivity index (χ2n) is 9.67. The Morgan fingerprint density at radius 2 is 1.85 bits per heavy atom. The Balaban J connectivity index is 1.84. The number of aliphatic hydroxyl groups excluding tert-OH is 1. The van der Waals surface area contributed by atoms with Gasteiger partial charge in [0, 0.05) is 17.0 Å². The van der Waals surface area contributed by atoms with E-state index >= 15 is 0 Å². The van der Waals surface area contributed by atoms with Gasteiger partial charge >= 0.3 is 5.97 Å². The minimum absolute atomic E-state index is 0.0521. The predicted molar refractivity (Wildman–Crippen MR) is 143 cm³/mol. The second-order valence-corrected chi connectivity index (χ2v) is 10.1. The highest BCUT2D eigenvalue weighted by Crippen LogP contribution is 2.28. The SMILES string of the molecule is CC(C)c1coc(C(=O)C[C@H](Cc2ccc(-c3cc(Cl)ccc3F)cc2)C[C@@H](NC(=O)[C@H](N)CO)C(=O)O)n1. The molecule has 3 atom stereocenters. The van der Waals surface area contributed by atoms with E-state index in [0.29, 0.717) is 21.8 Å². The average molecular weight is 560 g/mol. The summed E-state index contributed by atoms with van der Waals surface area (Å²) in [6.07, 6.45) is 1.48. The Morgan fingerprint density at radius 3 is 2.44 bits per heavy atom. The molecule has 1 aromatic heterocycles. The molecule has 39 heavy (non-hydrogen) atoms. The average Bonchev–Trinajstić information content (AvgIpc) is 3.40. The number of carboxylic acid groups (broad SMARTS) is 1. The Bertz CT molecular complexity index is 1310. The van der Waals surface area contributed by atoms with Gasteiger partial charge in [0.25, 0.3) is 5.89 Å². The van der Waals surface area contributed by atoms with Crippen LogP contribution in [0.1, 0.15) is 54.5 Å². The van der Waals surface area contributed by atoms with Gasteiger partial charge in [-0.2, -0.15) is 0 Å². The molecular weight excluding hydrogens is 529 g/mol. The van der Waals surface area contributed by atoms with Crippen molar-refractivity contribution in [1.82, 2.24) is 10.3 Å². The topological polar surface area (TPSA) is 156 Å². The molecular formula is C28H31ClFN3O6. The molecule has 9 nitrogen and oxygen atoms in total. The van der Waals surface area contributed by atoms with E-state index in [1.807, 2.05) is 13.8 Å². The Morgan fingerprint density at radius 1 is 1.15 bits per heavy atom. The highest BCUT2D eigenvalue weighted by Gasteiger charge is 2.29. The molecule has 11 heteroatoms. The molecule has 5 N–H and O–H groups in total. The fraction of sp³-hybridized carbons (Fsp3) is 0.357. The lowest BCUT2D eigenvalue weighted by atomic mass is 9.87. The van der Waals surface area contributed by atoms with Crippen molar-refractivity contribution in [2.24, 2.45) is 11.7 Å². The fourth-order valence-electron chi connectivity index (χ4n) is 4.06. The van der Waals surface area contributed by atoms with Gasteiger partial charge < -0.3 is 25.7 Å². The molecule has 3 aromatic rings. The zero-order valence-electron chi connectivity index (χ0n) is 21.6. The van der Waals surface area contributed by atoms with Gasteiger partial charge in [0.2, 0.25) is 11.7 Å². The summed E-state index contributed by atoms with van der Waals surface area (Å²) >= 11 is 6.01. The summed E-state index contributed by atoms with van der Waals surface area (Å²) in [4.78, 5) is 41.4. The molecule has 0 aliphatic carbocycles. The highest BCUT2D eigenvalue weighted by atomic mass is 35.5. The first-order valence-electron chi connectivity index (χ1n) is 12.4. The number of Topliss-reactive ketones (excluding diaryl/α,β-unsaturated/α-hetero) is 1. The van der Waals surface area contributed by atoms with Crippen LogP contribution in [0, 0.1) is 11.7 Å². The van der Waals surface area contributed by atoms with Gasteiger partial charge in [-0.25, -0.2) is 14.2 Å². The van der Waals surface area contributed by atoms with Crippen LogP contribution in [0.3, 0.4) is 0 Å². The first-order chi connectivity index (χ1) is 18.5. The smallest absolute Gasteiger partial charge is 0.326 e. The maximum atomic E-state index is 14.3. The summed E-state index contributed by atoms with van der Waals surface area (Å²) < 4.78 is 19.7. The Hall–Kier alpha value is -3.60. The maximum absolute atomic E-state index is 14.3. The molecule has 0 saturated heterocycles. The standard InChI is InChI=1S/C28H31ClFN3O6/c1-15(2)24-14-39-27(33-24)25(35)11-17(10-23(28(37)38)32-26(36)22(31)13-34)9-16-3-5-18(6-4-16)20-12-19(29)7-8-21(20)30/h3-8,12,14-15,17,22-23,34H,9-11,13,31H2,1-2H3,(H,32,36)(H,37,38)/t17-,22-,23-/m1/s1. The third kappa shape index (κ3) is 8.19. The summed E-state index contributed by atoms with van der Waals surface area (Å²) in [6, 6.07) is 8.55. The molecule has 1 amide bonds. The van der Waals surface area contributed by atoms with Crippen LogP contribution in [-0.4, -0.2) is 51.5 Å². The van der Waals surface area contributed by atoms with Gasteiger partial charge in [-0.3, -0.25) is 9.59 Å². The number of oxazole rings is 1. The Kier molecular flexibility index (Phi) is 10.3. The zero-order chi connectivity index (χ0) is 28.7. The van der Waals surface area contributed by atoms with Gasteiger partial charge in [-0.15, -0.1) is 0 Å². The number of ketones is 1. The fourth-order valence-corrected chi connectivity index (χ4v) is 4.23. The van der Waals surface area contributed by atoms with Gasteiger partial charge in [-0.1, -0.05) is 49.7 Å². The number of nitrogens with zero attached hydrogens (tertiary/aromatic N) is 1. The second kappa shape index (κ2) is 13.5. The van der Waals surface area contributed by atoms with Crippen molar-refractivity contribution in [2.45, 2.75) is 51.1 Å². The van der Waals surface area contributed by atoms with E-state index in [2.05, 4.69) is 10.3 Å². The molecule has 3 rings (SSSR count).